The van der Waals surface area contributed by atoms with Gasteiger partial charge in [-0.3, -0.25) is 9.59 Å². The zero-order valence-corrected chi connectivity index (χ0v) is 15.1. The van der Waals surface area contributed by atoms with Crippen molar-refractivity contribution in [2.24, 2.45) is 11.0 Å². The highest BCUT2D eigenvalue weighted by Gasteiger charge is 2.25. The van der Waals surface area contributed by atoms with E-state index in [1.165, 1.54) is 0 Å². The van der Waals surface area contributed by atoms with Crippen LogP contribution in [-0.2, 0) is 4.79 Å². The topological polar surface area (TPSA) is 89.0 Å². The molecular weight excluding hydrogens is 346 g/mol. The minimum Gasteiger partial charge on any atom is -0.454 e. The summed E-state index contributed by atoms with van der Waals surface area (Å²) in [6, 6.07) is 13.6. The van der Waals surface area contributed by atoms with Crippen molar-refractivity contribution in [1.82, 2.24) is 10.7 Å². The van der Waals surface area contributed by atoms with Crippen LogP contribution in [0, 0.1) is 5.92 Å². The van der Waals surface area contributed by atoms with Crippen LogP contribution in [0.1, 0.15) is 29.8 Å². The number of rotatable bonds is 6. The highest BCUT2D eigenvalue weighted by molar-refractivity contribution is 5.98. The monoisotopic (exact) mass is 367 g/mol. The van der Waals surface area contributed by atoms with Gasteiger partial charge in [0, 0.05) is 5.56 Å². The Balaban J connectivity index is 1.63. The van der Waals surface area contributed by atoms with Crippen LogP contribution in [0.4, 0.5) is 0 Å². The summed E-state index contributed by atoms with van der Waals surface area (Å²) in [5.74, 6) is 0.246. The number of carbonyl (C=O) groups is 2. The van der Waals surface area contributed by atoms with E-state index in [9.17, 15) is 9.59 Å². The maximum atomic E-state index is 12.5. The summed E-state index contributed by atoms with van der Waals surface area (Å²) in [6.45, 7) is 3.84. The number of amides is 2. The van der Waals surface area contributed by atoms with E-state index in [-0.39, 0.29) is 24.5 Å². The van der Waals surface area contributed by atoms with Gasteiger partial charge in [0.1, 0.15) is 6.04 Å². The summed E-state index contributed by atoms with van der Waals surface area (Å²) in [4.78, 5) is 25.0. The van der Waals surface area contributed by atoms with Gasteiger partial charge in [0.05, 0.1) is 6.21 Å². The van der Waals surface area contributed by atoms with E-state index >= 15 is 0 Å². The molecule has 1 unspecified atom stereocenters. The molecule has 7 heteroatoms. The maximum Gasteiger partial charge on any atom is 0.262 e. The molecule has 0 spiro atoms. The van der Waals surface area contributed by atoms with Crippen molar-refractivity contribution in [3.63, 3.8) is 0 Å². The largest absolute Gasteiger partial charge is 0.454 e. The smallest absolute Gasteiger partial charge is 0.262 e. The summed E-state index contributed by atoms with van der Waals surface area (Å²) in [5.41, 5.74) is 3.74. The summed E-state index contributed by atoms with van der Waals surface area (Å²) in [6.07, 6.45) is 1.55. The molecule has 0 aliphatic carbocycles. The van der Waals surface area contributed by atoms with Gasteiger partial charge in [-0.25, -0.2) is 5.43 Å². The molecule has 1 aliphatic heterocycles. The molecule has 0 saturated heterocycles. The number of hydrazone groups is 1. The molecule has 27 heavy (non-hydrogen) atoms. The molecule has 3 rings (SSSR count). The third-order valence-corrected chi connectivity index (χ3v) is 4.06. The SMILES string of the molecule is CC(C)C(NC(=O)c1ccc2c(c1)OCO2)C(=O)N/N=C/c1ccccc1. The van der Waals surface area contributed by atoms with Crippen LogP contribution in [-0.4, -0.2) is 30.9 Å². The molecule has 0 saturated carbocycles. The lowest BCUT2D eigenvalue weighted by atomic mass is 10.0. The molecular formula is C20H21N3O4. The Bertz CT molecular complexity index is 850. The average Bonchev–Trinajstić information content (AvgIpc) is 3.14. The van der Waals surface area contributed by atoms with Crippen LogP contribution in [0.2, 0.25) is 0 Å². The third-order valence-electron chi connectivity index (χ3n) is 4.06. The van der Waals surface area contributed by atoms with Gasteiger partial charge >= 0.3 is 0 Å². The molecule has 0 radical (unpaired) electrons. The molecule has 2 aromatic rings. The van der Waals surface area contributed by atoms with Gasteiger partial charge in [0.25, 0.3) is 11.8 Å². The molecule has 2 N–H and O–H groups in total. The Kier molecular flexibility index (Phi) is 5.71. The van der Waals surface area contributed by atoms with Gasteiger partial charge in [-0.1, -0.05) is 44.2 Å². The van der Waals surface area contributed by atoms with Gasteiger partial charge in [-0.2, -0.15) is 5.10 Å². The lowest BCUT2D eigenvalue weighted by molar-refractivity contribution is -0.123. The van der Waals surface area contributed by atoms with Gasteiger partial charge in [0.15, 0.2) is 11.5 Å². The number of fused-ring (bicyclic) bond motifs is 1. The second-order valence-electron chi connectivity index (χ2n) is 6.41. The first-order valence-electron chi connectivity index (χ1n) is 8.63. The van der Waals surface area contributed by atoms with Crippen LogP contribution in [0.5, 0.6) is 11.5 Å². The number of benzene rings is 2. The van der Waals surface area contributed by atoms with Crippen molar-refractivity contribution < 1.29 is 19.1 Å². The number of ether oxygens (including phenoxy) is 2. The van der Waals surface area contributed by atoms with E-state index in [1.807, 2.05) is 44.2 Å². The summed E-state index contributed by atoms with van der Waals surface area (Å²) < 4.78 is 10.5. The standard InChI is InChI=1S/C20H21N3O4/c1-13(2)18(20(25)23-21-11-14-6-4-3-5-7-14)22-19(24)15-8-9-16-17(10-15)27-12-26-16/h3-11,13,18H,12H2,1-2H3,(H,22,24)(H,23,25)/b21-11+. The summed E-state index contributed by atoms with van der Waals surface area (Å²) in [5, 5.41) is 6.71. The van der Waals surface area contributed by atoms with Crippen LogP contribution in [0.3, 0.4) is 0 Å². The van der Waals surface area contributed by atoms with Crippen molar-refractivity contribution in [1.29, 1.82) is 0 Å². The average molecular weight is 367 g/mol. The Morgan fingerprint density at radius 3 is 2.56 bits per heavy atom. The Hall–Kier alpha value is -3.35. The number of nitrogens with zero attached hydrogens (tertiary/aromatic N) is 1. The van der Waals surface area contributed by atoms with E-state index in [1.54, 1.807) is 24.4 Å². The first-order chi connectivity index (χ1) is 13.0. The fourth-order valence-corrected chi connectivity index (χ4v) is 2.58. The first-order valence-corrected chi connectivity index (χ1v) is 8.63. The fraction of sp³-hybridized carbons (Fsp3) is 0.250. The van der Waals surface area contributed by atoms with Gasteiger partial charge in [-0.15, -0.1) is 0 Å². The second kappa shape index (κ2) is 8.35. The lowest BCUT2D eigenvalue weighted by Crippen LogP contribution is -2.48. The zero-order valence-electron chi connectivity index (χ0n) is 15.1. The predicted octanol–water partition coefficient (Wildman–Crippen LogP) is 2.32. The Morgan fingerprint density at radius 1 is 1.07 bits per heavy atom. The summed E-state index contributed by atoms with van der Waals surface area (Å²) >= 11 is 0. The van der Waals surface area contributed by atoms with Crippen LogP contribution >= 0.6 is 0 Å². The summed E-state index contributed by atoms with van der Waals surface area (Å²) in [7, 11) is 0. The number of carbonyl (C=O) groups excluding carboxylic acids is 2. The van der Waals surface area contributed by atoms with E-state index in [4.69, 9.17) is 9.47 Å². The predicted molar refractivity (Wildman–Crippen MR) is 101 cm³/mol. The van der Waals surface area contributed by atoms with Crippen molar-refractivity contribution >= 4 is 18.0 Å². The third kappa shape index (κ3) is 4.63. The lowest BCUT2D eigenvalue weighted by Gasteiger charge is -2.20. The van der Waals surface area contributed by atoms with Crippen LogP contribution in [0.15, 0.2) is 53.6 Å². The molecule has 7 nitrogen and oxygen atoms in total. The van der Waals surface area contributed by atoms with Crippen molar-refractivity contribution in [3.05, 3.63) is 59.7 Å². The fourth-order valence-electron chi connectivity index (χ4n) is 2.58. The van der Waals surface area contributed by atoms with E-state index in [0.717, 1.165) is 5.56 Å². The normalized spacial score (nSPS) is 13.6. The highest BCUT2D eigenvalue weighted by atomic mass is 16.7. The Labute approximate surface area is 157 Å². The molecule has 2 amide bonds. The maximum absolute atomic E-state index is 12.5. The second-order valence-corrected chi connectivity index (χ2v) is 6.41. The first kappa shape index (κ1) is 18.4. The van der Waals surface area contributed by atoms with Gasteiger partial charge < -0.3 is 14.8 Å². The number of hydrogen-bond donors (Lipinski definition) is 2. The molecule has 140 valence electrons. The Morgan fingerprint density at radius 2 is 1.81 bits per heavy atom. The van der Waals surface area contributed by atoms with E-state index < -0.39 is 6.04 Å². The molecule has 0 aromatic heterocycles. The minimum absolute atomic E-state index is 0.116. The van der Waals surface area contributed by atoms with Crippen molar-refractivity contribution in [3.8, 4) is 11.5 Å². The number of nitrogens with one attached hydrogen (secondary N) is 2. The van der Waals surface area contributed by atoms with E-state index in [0.29, 0.717) is 17.1 Å². The zero-order chi connectivity index (χ0) is 19.2. The molecule has 1 heterocycles. The van der Waals surface area contributed by atoms with Crippen molar-refractivity contribution in [2.75, 3.05) is 6.79 Å². The highest BCUT2D eigenvalue weighted by Crippen LogP contribution is 2.32. The van der Waals surface area contributed by atoms with Crippen molar-refractivity contribution in [2.45, 2.75) is 19.9 Å². The van der Waals surface area contributed by atoms with Crippen LogP contribution in [0.25, 0.3) is 0 Å². The molecule has 2 aromatic carbocycles. The minimum atomic E-state index is -0.726. The molecule has 1 aliphatic rings. The van der Waals surface area contributed by atoms with Gasteiger partial charge in [-0.05, 0) is 29.7 Å². The van der Waals surface area contributed by atoms with Crippen LogP contribution < -0.4 is 20.2 Å². The quantitative estimate of drug-likeness (QED) is 0.606. The van der Waals surface area contributed by atoms with Gasteiger partial charge in [0.2, 0.25) is 6.79 Å². The molecule has 1 atom stereocenters. The molecule has 0 fully saturated rings. The number of hydrogen-bond acceptors (Lipinski definition) is 5. The molecule has 0 bridgehead atoms. The van der Waals surface area contributed by atoms with E-state index in [2.05, 4.69) is 15.8 Å².